The highest BCUT2D eigenvalue weighted by Crippen LogP contribution is 2.19. The summed E-state index contributed by atoms with van der Waals surface area (Å²) in [7, 11) is 0. The third-order valence-corrected chi connectivity index (χ3v) is 3.93. The number of benzene rings is 2. The minimum atomic E-state index is -0.581. The second-order valence-corrected chi connectivity index (χ2v) is 5.70. The number of hydrazone groups is 1. The second kappa shape index (κ2) is 8.06. The first-order valence-corrected chi connectivity index (χ1v) is 8.29. The predicted octanol–water partition coefficient (Wildman–Crippen LogP) is 3.46. The van der Waals surface area contributed by atoms with Crippen LogP contribution in [0.15, 0.2) is 58.4 Å². The Morgan fingerprint density at radius 3 is 2.74 bits per heavy atom. The van der Waals surface area contributed by atoms with Crippen molar-refractivity contribution in [2.24, 2.45) is 5.10 Å². The zero-order valence-corrected chi connectivity index (χ0v) is 14.5. The highest BCUT2D eigenvalue weighted by molar-refractivity contribution is 5.80. The van der Waals surface area contributed by atoms with Gasteiger partial charge in [0.05, 0.1) is 11.9 Å². The van der Waals surface area contributed by atoms with Crippen LogP contribution < -0.4 is 11.0 Å². The van der Waals surface area contributed by atoms with E-state index < -0.39 is 5.56 Å². The first-order valence-electron chi connectivity index (χ1n) is 8.29. The van der Waals surface area contributed by atoms with Crippen LogP contribution in [0.3, 0.4) is 0 Å². The fourth-order valence-corrected chi connectivity index (χ4v) is 2.49. The zero-order valence-electron chi connectivity index (χ0n) is 14.5. The van der Waals surface area contributed by atoms with Gasteiger partial charge in [0.1, 0.15) is 17.4 Å². The third kappa shape index (κ3) is 4.07. The summed E-state index contributed by atoms with van der Waals surface area (Å²) in [5.74, 6) is -0.328. The number of aromatic amines is 1. The standard InChI is InChI=1S/C20H16FN5O/c1-2-13-8-9-15(17(21)10-13)12-23-26-20-24-18(14-6-4-3-5-7-14)16(11-22)19(27)25-20/h3-10,12H,2H2,1H3,(H2,24,25,26,27). The van der Waals surface area contributed by atoms with E-state index in [1.807, 2.05) is 25.1 Å². The van der Waals surface area contributed by atoms with Gasteiger partial charge in [0, 0.05) is 11.1 Å². The van der Waals surface area contributed by atoms with Crippen LogP contribution in [0.25, 0.3) is 11.3 Å². The van der Waals surface area contributed by atoms with Gasteiger partial charge in [0.15, 0.2) is 0 Å². The molecule has 0 bridgehead atoms. The Labute approximate surface area is 155 Å². The van der Waals surface area contributed by atoms with Crippen molar-refractivity contribution in [1.82, 2.24) is 9.97 Å². The molecule has 0 aliphatic rings. The van der Waals surface area contributed by atoms with E-state index >= 15 is 0 Å². The molecule has 3 rings (SSSR count). The van der Waals surface area contributed by atoms with Crippen molar-refractivity contribution in [3.8, 4) is 17.3 Å². The Balaban J connectivity index is 1.89. The predicted molar refractivity (Wildman–Crippen MR) is 102 cm³/mol. The molecule has 0 amide bonds. The maximum atomic E-state index is 14.0. The molecule has 0 aliphatic carbocycles. The monoisotopic (exact) mass is 361 g/mol. The van der Waals surface area contributed by atoms with Gasteiger partial charge < -0.3 is 0 Å². The van der Waals surface area contributed by atoms with Gasteiger partial charge >= 0.3 is 0 Å². The molecule has 0 spiro atoms. The average Bonchev–Trinajstić information content (AvgIpc) is 2.69. The van der Waals surface area contributed by atoms with Crippen molar-refractivity contribution >= 4 is 12.2 Å². The van der Waals surface area contributed by atoms with Crippen LogP contribution in [0, 0.1) is 17.1 Å². The number of hydrogen-bond acceptors (Lipinski definition) is 5. The fourth-order valence-electron chi connectivity index (χ4n) is 2.49. The van der Waals surface area contributed by atoms with Crippen molar-refractivity contribution in [3.63, 3.8) is 0 Å². The van der Waals surface area contributed by atoms with Crippen LogP contribution in [0.4, 0.5) is 10.3 Å². The lowest BCUT2D eigenvalue weighted by Crippen LogP contribution is -2.16. The van der Waals surface area contributed by atoms with Crippen LogP contribution in [0.2, 0.25) is 0 Å². The van der Waals surface area contributed by atoms with E-state index in [2.05, 4.69) is 20.5 Å². The molecule has 0 atom stereocenters. The molecule has 0 saturated heterocycles. The minimum Gasteiger partial charge on any atom is -0.290 e. The molecule has 1 aromatic heterocycles. The summed E-state index contributed by atoms with van der Waals surface area (Å²) < 4.78 is 14.0. The maximum Gasteiger partial charge on any atom is 0.270 e. The summed E-state index contributed by atoms with van der Waals surface area (Å²) in [6.07, 6.45) is 2.04. The van der Waals surface area contributed by atoms with Gasteiger partial charge in [0.25, 0.3) is 5.56 Å². The van der Waals surface area contributed by atoms with Gasteiger partial charge in [0.2, 0.25) is 5.95 Å². The highest BCUT2D eigenvalue weighted by Gasteiger charge is 2.12. The number of rotatable bonds is 5. The molecule has 3 aromatic rings. The van der Waals surface area contributed by atoms with Crippen LogP contribution >= 0.6 is 0 Å². The number of aromatic nitrogens is 2. The summed E-state index contributed by atoms with van der Waals surface area (Å²) in [6, 6.07) is 15.7. The minimum absolute atomic E-state index is 0.0553. The number of anilines is 1. The van der Waals surface area contributed by atoms with E-state index in [9.17, 15) is 14.4 Å². The second-order valence-electron chi connectivity index (χ2n) is 5.70. The Kier molecular flexibility index (Phi) is 5.38. The molecule has 27 heavy (non-hydrogen) atoms. The lowest BCUT2D eigenvalue weighted by Gasteiger charge is -2.06. The van der Waals surface area contributed by atoms with Crippen molar-refractivity contribution in [2.75, 3.05) is 5.43 Å². The largest absolute Gasteiger partial charge is 0.290 e. The summed E-state index contributed by atoms with van der Waals surface area (Å²) >= 11 is 0. The number of nitriles is 1. The summed E-state index contributed by atoms with van der Waals surface area (Å²) in [4.78, 5) is 18.9. The van der Waals surface area contributed by atoms with E-state index in [4.69, 9.17) is 0 Å². The first-order chi connectivity index (χ1) is 13.1. The molecule has 0 fully saturated rings. The van der Waals surface area contributed by atoms with Gasteiger partial charge in [-0.25, -0.2) is 14.8 Å². The number of halogens is 1. The Morgan fingerprint density at radius 2 is 2.07 bits per heavy atom. The highest BCUT2D eigenvalue weighted by atomic mass is 19.1. The van der Waals surface area contributed by atoms with Crippen molar-refractivity contribution in [2.45, 2.75) is 13.3 Å². The average molecular weight is 361 g/mol. The molecular formula is C20H16FN5O. The Bertz CT molecular complexity index is 1080. The van der Waals surface area contributed by atoms with Gasteiger partial charge in [-0.3, -0.25) is 9.78 Å². The van der Waals surface area contributed by atoms with Gasteiger partial charge in [-0.2, -0.15) is 10.4 Å². The van der Waals surface area contributed by atoms with E-state index in [1.165, 1.54) is 12.3 Å². The molecule has 0 saturated carbocycles. The Hall–Kier alpha value is -3.79. The zero-order chi connectivity index (χ0) is 19.2. The molecule has 2 N–H and O–H groups in total. The number of H-pyrrole nitrogens is 1. The molecule has 2 aromatic carbocycles. The number of hydrogen-bond donors (Lipinski definition) is 2. The van der Waals surface area contributed by atoms with Crippen LogP contribution in [-0.2, 0) is 6.42 Å². The summed E-state index contributed by atoms with van der Waals surface area (Å²) in [6.45, 7) is 1.95. The lowest BCUT2D eigenvalue weighted by atomic mass is 10.1. The first kappa shape index (κ1) is 18.0. The van der Waals surface area contributed by atoms with Gasteiger partial charge in [-0.05, 0) is 18.1 Å². The lowest BCUT2D eigenvalue weighted by molar-refractivity contribution is 0.624. The van der Waals surface area contributed by atoms with Crippen LogP contribution in [0.1, 0.15) is 23.6 Å². The normalized spacial score (nSPS) is 10.7. The third-order valence-electron chi connectivity index (χ3n) is 3.93. The summed E-state index contributed by atoms with van der Waals surface area (Å²) in [5.41, 5.74) is 3.99. The fraction of sp³-hybridized carbons (Fsp3) is 0.100. The molecule has 6 nitrogen and oxygen atoms in total. The quantitative estimate of drug-likeness (QED) is 0.537. The van der Waals surface area contributed by atoms with Crippen molar-refractivity contribution < 1.29 is 4.39 Å². The SMILES string of the molecule is CCc1ccc(C=NNc2nc(-c3ccccc3)c(C#N)c(=O)[nH]2)c(F)c1. The van der Waals surface area contributed by atoms with Crippen LogP contribution in [0.5, 0.6) is 0 Å². The molecule has 7 heteroatoms. The molecule has 134 valence electrons. The number of nitrogens with zero attached hydrogens (tertiary/aromatic N) is 3. The number of aryl methyl sites for hydroxylation is 1. The van der Waals surface area contributed by atoms with E-state index in [0.29, 0.717) is 11.1 Å². The molecule has 0 unspecified atom stereocenters. The maximum absolute atomic E-state index is 14.0. The van der Waals surface area contributed by atoms with Gasteiger partial charge in [-0.15, -0.1) is 0 Å². The van der Waals surface area contributed by atoms with Crippen molar-refractivity contribution in [3.05, 3.63) is 81.4 Å². The van der Waals surface area contributed by atoms with E-state index in [-0.39, 0.29) is 23.0 Å². The Morgan fingerprint density at radius 1 is 1.30 bits per heavy atom. The van der Waals surface area contributed by atoms with Crippen LogP contribution in [-0.4, -0.2) is 16.2 Å². The summed E-state index contributed by atoms with van der Waals surface area (Å²) in [5, 5.41) is 13.2. The number of nitrogens with one attached hydrogen (secondary N) is 2. The van der Waals surface area contributed by atoms with Crippen molar-refractivity contribution in [1.29, 1.82) is 5.26 Å². The molecule has 1 heterocycles. The van der Waals surface area contributed by atoms with Gasteiger partial charge in [-0.1, -0.05) is 49.4 Å². The smallest absolute Gasteiger partial charge is 0.270 e. The van der Waals surface area contributed by atoms with E-state index in [0.717, 1.165) is 12.0 Å². The molecule has 0 radical (unpaired) electrons. The van der Waals surface area contributed by atoms with E-state index in [1.54, 1.807) is 30.3 Å². The molecule has 0 aliphatic heterocycles. The molecular weight excluding hydrogens is 345 g/mol. The topological polar surface area (TPSA) is 93.9 Å².